The van der Waals surface area contributed by atoms with E-state index in [9.17, 15) is 0 Å². The molecule has 64 valence electrons. The highest BCUT2D eigenvalue weighted by atomic mass is 16.6. The largest absolute Gasteiger partial charge is 0.303 e. The van der Waals surface area contributed by atoms with Gasteiger partial charge in [-0.3, -0.25) is 4.90 Å². The predicted octanol–water partition coefficient (Wildman–Crippen LogP) is 0.527. The van der Waals surface area contributed by atoms with Crippen LogP contribution in [0.15, 0.2) is 12.7 Å². The zero-order chi connectivity index (χ0) is 8.10. The van der Waals surface area contributed by atoms with Crippen molar-refractivity contribution in [2.24, 2.45) is 5.90 Å². The van der Waals surface area contributed by atoms with Crippen LogP contribution in [0.5, 0.6) is 0 Å². The van der Waals surface area contributed by atoms with Crippen LogP contribution >= 0.6 is 0 Å². The maximum absolute atomic E-state index is 5.01. The molecule has 0 saturated carbocycles. The lowest BCUT2D eigenvalue weighted by Gasteiger charge is -2.21. The van der Waals surface area contributed by atoms with Crippen LogP contribution in [0, 0.1) is 0 Å². The summed E-state index contributed by atoms with van der Waals surface area (Å²) >= 11 is 0. The molecule has 1 aliphatic rings. The summed E-state index contributed by atoms with van der Waals surface area (Å²) < 4.78 is 0. The Kier molecular flexibility index (Phi) is 3.56. The van der Waals surface area contributed by atoms with Gasteiger partial charge in [-0.15, -0.1) is 6.58 Å². The first-order valence-corrected chi connectivity index (χ1v) is 4.05. The Balaban J connectivity index is 2.31. The standard InChI is InChI=1S/C8H16N2O/c1-2-5-10-6-3-4-8(10)7-11-9/h2,8H,1,3-7,9H2. The Labute approximate surface area is 67.8 Å². The molecule has 0 aromatic heterocycles. The maximum Gasteiger partial charge on any atom is 0.0834 e. The van der Waals surface area contributed by atoms with Crippen molar-refractivity contribution in [3.8, 4) is 0 Å². The monoisotopic (exact) mass is 156 g/mol. The van der Waals surface area contributed by atoms with Gasteiger partial charge in [0.2, 0.25) is 0 Å². The van der Waals surface area contributed by atoms with Crippen molar-refractivity contribution in [2.45, 2.75) is 18.9 Å². The summed E-state index contributed by atoms with van der Waals surface area (Å²) in [6, 6.07) is 0.512. The minimum Gasteiger partial charge on any atom is -0.303 e. The van der Waals surface area contributed by atoms with E-state index in [-0.39, 0.29) is 0 Å². The zero-order valence-electron chi connectivity index (χ0n) is 6.83. The highest BCUT2D eigenvalue weighted by Gasteiger charge is 2.22. The van der Waals surface area contributed by atoms with Gasteiger partial charge in [0.15, 0.2) is 0 Å². The lowest BCUT2D eigenvalue weighted by Crippen LogP contribution is -2.34. The predicted molar refractivity (Wildman–Crippen MR) is 44.9 cm³/mol. The quantitative estimate of drug-likeness (QED) is 0.476. The summed E-state index contributed by atoms with van der Waals surface area (Å²) in [5, 5.41) is 0. The molecule has 0 spiro atoms. The summed E-state index contributed by atoms with van der Waals surface area (Å²) in [6.45, 7) is 6.46. The van der Waals surface area contributed by atoms with Gasteiger partial charge in [0.05, 0.1) is 6.61 Å². The number of nitrogens with two attached hydrogens (primary N) is 1. The van der Waals surface area contributed by atoms with Gasteiger partial charge in [0.25, 0.3) is 0 Å². The average molecular weight is 156 g/mol. The van der Waals surface area contributed by atoms with Crippen LogP contribution < -0.4 is 5.90 Å². The van der Waals surface area contributed by atoms with Crippen LogP contribution in [0.4, 0.5) is 0 Å². The number of hydrogen-bond acceptors (Lipinski definition) is 3. The van der Waals surface area contributed by atoms with Gasteiger partial charge in [-0.2, -0.15) is 0 Å². The normalized spacial score (nSPS) is 25.7. The second kappa shape index (κ2) is 4.49. The van der Waals surface area contributed by atoms with E-state index in [4.69, 9.17) is 5.90 Å². The van der Waals surface area contributed by atoms with Crippen molar-refractivity contribution in [1.82, 2.24) is 4.90 Å². The van der Waals surface area contributed by atoms with Gasteiger partial charge in [-0.1, -0.05) is 6.08 Å². The molecule has 1 heterocycles. The Hall–Kier alpha value is -0.380. The van der Waals surface area contributed by atoms with Crippen LogP contribution in [0.3, 0.4) is 0 Å². The highest BCUT2D eigenvalue weighted by molar-refractivity contribution is 4.83. The minimum atomic E-state index is 0.512. The van der Waals surface area contributed by atoms with Gasteiger partial charge >= 0.3 is 0 Å². The molecule has 1 fully saturated rings. The second-order valence-corrected chi connectivity index (χ2v) is 2.91. The number of hydrogen-bond donors (Lipinski definition) is 1. The summed E-state index contributed by atoms with van der Waals surface area (Å²) in [5.74, 6) is 5.01. The molecular weight excluding hydrogens is 140 g/mol. The molecule has 1 saturated heterocycles. The van der Waals surface area contributed by atoms with Gasteiger partial charge in [0.1, 0.15) is 0 Å². The Bertz CT molecular complexity index is 127. The Morgan fingerprint density at radius 1 is 1.73 bits per heavy atom. The Morgan fingerprint density at radius 3 is 3.18 bits per heavy atom. The first kappa shape index (κ1) is 8.71. The molecule has 0 aliphatic carbocycles. The third kappa shape index (κ3) is 2.29. The van der Waals surface area contributed by atoms with E-state index in [2.05, 4.69) is 16.3 Å². The van der Waals surface area contributed by atoms with E-state index in [0.717, 1.165) is 13.1 Å². The number of rotatable bonds is 4. The summed E-state index contributed by atoms with van der Waals surface area (Å²) in [7, 11) is 0. The minimum absolute atomic E-state index is 0.512. The van der Waals surface area contributed by atoms with Crippen LogP contribution in [0.2, 0.25) is 0 Å². The molecule has 11 heavy (non-hydrogen) atoms. The fourth-order valence-corrected chi connectivity index (χ4v) is 1.60. The van der Waals surface area contributed by atoms with E-state index in [0.29, 0.717) is 12.6 Å². The first-order chi connectivity index (χ1) is 5.38. The highest BCUT2D eigenvalue weighted by Crippen LogP contribution is 2.16. The summed E-state index contributed by atoms with van der Waals surface area (Å²) in [6.07, 6.45) is 4.38. The van der Waals surface area contributed by atoms with Crippen molar-refractivity contribution in [3.05, 3.63) is 12.7 Å². The lowest BCUT2D eigenvalue weighted by molar-refractivity contribution is 0.0822. The van der Waals surface area contributed by atoms with Crippen molar-refractivity contribution in [3.63, 3.8) is 0 Å². The van der Waals surface area contributed by atoms with Crippen LogP contribution in [0.25, 0.3) is 0 Å². The van der Waals surface area contributed by atoms with E-state index in [1.54, 1.807) is 0 Å². The van der Waals surface area contributed by atoms with E-state index >= 15 is 0 Å². The van der Waals surface area contributed by atoms with Gasteiger partial charge in [-0.05, 0) is 19.4 Å². The fraction of sp³-hybridized carbons (Fsp3) is 0.750. The zero-order valence-corrected chi connectivity index (χ0v) is 6.83. The smallest absolute Gasteiger partial charge is 0.0834 e. The molecule has 1 unspecified atom stereocenters. The third-order valence-corrected chi connectivity index (χ3v) is 2.15. The Morgan fingerprint density at radius 2 is 2.55 bits per heavy atom. The summed E-state index contributed by atoms with van der Waals surface area (Å²) in [4.78, 5) is 6.97. The van der Waals surface area contributed by atoms with E-state index in [1.807, 2.05) is 6.08 Å². The topological polar surface area (TPSA) is 38.5 Å². The molecule has 1 aliphatic heterocycles. The van der Waals surface area contributed by atoms with Gasteiger partial charge in [-0.25, -0.2) is 5.90 Å². The molecule has 1 rings (SSSR count). The van der Waals surface area contributed by atoms with Crippen LogP contribution in [0.1, 0.15) is 12.8 Å². The van der Waals surface area contributed by atoms with Crippen LogP contribution in [-0.4, -0.2) is 30.6 Å². The lowest BCUT2D eigenvalue weighted by atomic mass is 10.2. The molecular formula is C8H16N2O. The molecule has 0 radical (unpaired) electrons. The number of likely N-dealkylation sites (tertiary alicyclic amines) is 1. The first-order valence-electron chi connectivity index (χ1n) is 4.05. The SMILES string of the molecule is C=CCN1CCCC1CON. The second-order valence-electron chi connectivity index (χ2n) is 2.91. The molecule has 0 amide bonds. The molecule has 2 N–H and O–H groups in total. The van der Waals surface area contributed by atoms with Crippen molar-refractivity contribution < 1.29 is 4.84 Å². The molecule has 0 aromatic rings. The van der Waals surface area contributed by atoms with Crippen molar-refractivity contribution in [2.75, 3.05) is 19.7 Å². The molecule has 0 aromatic carbocycles. The van der Waals surface area contributed by atoms with Crippen molar-refractivity contribution in [1.29, 1.82) is 0 Å². The molecule has 3 heteroatoms. The van der Waals surface area contributed by atoms with Crippen LogP contribution in [-0.2, 0) is 4.84 Å². The fourth-order valence-electron chi connectivity index (χ4n) is 1.60. The average Bonchev–Trinajstić information content (AvgIpc) is 2.39. The van der Waals surface area contributed by atoms with E-state index < -0.39 is 0 Å². The van der Waals surface area contributed by atoms with Crippen molar-refractivity contribution >= 4 is 0 Å². The maximum atomic E-state index is 5.01. The van der Waals surface area contributed by atoms with E-state index in [1.165, 1.54) is 12.8 Å². The molecule has 1 atom stereocenters. The summed E-state index contributed by atoms with van der Waals surface area (Å²) in [5.41, 5.74) is 0. The third-order valence-electron chi connectivity index (χ3n) is 2.15. The number of nitrogens with zero attached hydrogens (tertiary/aromatic N) is 1. The molecule has 0 bridgehead atoms. The van der Waals surface area contributed by atoms with Gasteiger partial charge < -0.3 is 4.84 Å². The van der Waals surface area contributed by atoms with Gasteiger partial charge in [0, 0.05) is 12.6 Å². The molecule has 3 nitrogen and oxygen atoms in total.